The summed E-state index contributed by atoms with van der Waals surface area (Å²) in [6, 6.07) is 25.9. The van der Waals surface area contributed by atoms with Crippen LogP contribution in [0, 0.1) is 0 Å². The van der Waals surface area contributed by atoms with Gasteiger partial charge in [0.1, 0.15) is 8.80 Å². The number of benzene rings is 2. The van der Waals surface area contributed by atoms with Gasteiger partial charge in [-0.05, 0) is 16.6 Å². The monoisotopic (exact) mass is 292 g/mol. The molecule has 20 heavy (non-hydrogen) atoms. The molecule has 0 amide bonds. The van der Waals surface area contributed by atoms with E-state index in [0.29, 0.717) is 0 Å². The summed E-state index contributed by atoms with van der Waals surface area (Å²) in [7, 11) is -1.42. The zero-order chi connectivity index (χ0) is 13.8. The maximum atomic E-state index is 4.42. The zero-order valence-electron chi connectivity index (χ0n) is 11.2. The first-order valence-corrected chi connectivity index (χ1v) is 9.30. The van der Waals surface area contributed by atoms with E-state index in [4.69, 9.17) is 0 Å². The van der Waals surface area contributed by atoms with Gasteiger partial charge in [-0.2, -0.15) is 0 Å². The number of hydrogen-bond donors (Lipinski definition) is 0. The van der Waals surface area contributed by atoms with E-state index in [1.807, 2.05) is 0 Å². The van der Waals surface area contributed by atoms with Crippen LogP contribution in [0.1, 0.15) is 4.88 Å². The fraction of sp³-hybridized carbons (Fsp3) is 0. The van der Waals surface area contributed by atoms with Crippen molar-refractivity contribution in [1.82, 2.24) is 0 Å². The maximum absolute atomic E-state index is 4.42. The van der Waals surface area contributed by atoms with Gasteiger partial charge in [0.25, 0.3) is 0 Å². The normalized spacial score (nSPS) is 10.7. The van der Waals surface area contributed by atoms with Crippen LogP contribution in [0.2, 0.25) is 0 Å². The van der Waals surface area contributed by atoms with Crippen LogP contribution in [-0.2, 0) is 0 Å². The van der Waals surface area contributed by atoms with Crippen molar-refractivity contribution in [2.24, 2.45) is 0 Å². The molecule has 0 saturated carbocycles. The standard InChI is InChI=1S/C18H16SSi/c1-15(18-13-8-14-19-18)20(16-9-4-2-5-10-16)17-11-6-3-7-12-17/h2-14,20H,1H2. The smallest absolute Gasteiger partial charge is 0.134 e. The number of rotatable bonds is 4. The highest BCUT2D eigenvalue weighted by Gasteiger charge is 2.20. The van der Waals surface area contributed by atoms with E-state index < -0.39 is 8.80 Å². The molecule has 0 unspecified atom stereocenters. The lowest BCUT2D eigenvalue weighted by Gasteiger charge is -2.18. The molecular formula is C18H16SSi. The predicted octanol–water partition coefficient (Wildman–Crippen LogP) is 3.34. The Morgan fingerprint density at radius 1 is 0.750 bits per heavy atom. The van der Waals surface area contributed by atoms with E-state index in [1.165, 1.54) is 20.4 Å². The molecule has 3 rings (SSSR count). The molecule has 1 aromatic heterocycles. The van der Waals surface area contributed by atoms with Crippen LogP contribution in [0.15, 0.2) is 84.8 Å². The molecule has 0 aliphatic heterocycles. The highest BCUT2D eigenvalue weighted by molar-refractivity contribution is 7.14. The minimum absolute atomic E-state index is 1.30. The third kappa shape index (κ3) is 2.67. The van der Waals surface area contributed by atoms with Gasteiger partial charge in [0.15, 0.2) is 0 Å². The van der Waals surface area contributed by atoms with Gasteiger partial charge in [0.2, 0.25) is 0 Å². The fourth-order valence-electron chi connectivity index (χ4n) is 2.49. The summed E-state index contributed by atoms with van der Waals surface area (Å²) in [5, 5.41) is 6.29. The van der Waals surface area contributed by atoms with Gasteiger partial charge in [-0.3, -0.25) is 0 Å². The van der Waals surface area contributed by atoms with Crippen molar-refractivity contribution in [2.45, 2.75) is 0 Å². The van der Waals surface area contributed by atoms with Gasteiger partial charge in [0, 0.05) is 4.88 Å². The average Bonchev–Trinajstić information content (AvgIpc) is 3.04. The van der Waals surface area contributed by atoms with Crippen molar-refractivity contribution >= 4 is 35.7 Å². The first kappa shape index (κ1) is 13.1. The molecule has 0 atom stereocenters. The molecule has 0 spiro atoms. The molecule has 2 heteroatoms. The largest absolute Gasteiger partial charge is 0.145 e. The molecule has 0 bridgehead atoms. The van der Waals surface area contributed by atoms with Crippen molar-refractivity contribution in [2.75, 3.05) is 0 Å². The van der Waals surface area contributed by atoms with Crippen LogP contribution in [0.5, 0.6) is 0 Å². The summed E-state index contributed by atoms with van der Waals surface area (Å²) in [5.74, 6) is 0. The minimum Gasteiger partial charge on any atom is -0.145 e. The van der Waals surface area contributed by atoms with Crippen molar-refractivity contribution in [3.8, 4) is 0 Å². The molecule has 0 aliphatic carbocycles. The van der Waals surface area contributed by atoms with E-state index in [2.05, 4.69) is 84.8 Å². The Hall–Kier alpha value is -1.90. The van der Waals surface area contributed by atoms with E-state index in [9.17, 15) is 0 Å². The molecule has 3 aromatic rings. The topological polar surface area (TPSA) is 0 Å². The quantitative estimate of drug-likeness (QED) is 0.647. The third-order valence-electron chi connectivity index (χ3n) is 3.45. The van der Waals surface area contributed by atoms with Crippen molar-refractivity contribution in [3.63, 3.8) is 0 Å². The highest BCUT2D eigenvalue weighted by Crippen LogP contribution is 2.21. The Labute approximate surface area is 125 Å². The van der Waals surface area contributed by atoms with Crippen LogP contribution in [0.3, 0.4) is 0 Å². The van der Waals surface area contributed by atoms with Crippen LogP contribution >= 0.6 is 11.3 Å². The molecular weight excluding hydrogens is 276 g/mol. The molecule has 0 nitrogen and oxygen atoms in total. The second-order valence-electron chi connectivity index (χ2n) is 4.76. The summed E-state index contributed by atoms with van der Waals surface area (Å²) in [6.07, 6.45) is 0. The number of thiophene rings is 1. The van der Waals surface area contributed by atoms with Crippen molar-refractivity contribution in [1.29, 1.82) is 0 Å². The predicted molar refractivity (Wildman–Crippen MR) is 92.7 cm³/mol. The van der Waals surface area contributed by atoms with Crippen molar-refractivity contribution in [3.05, 3.63) is 89.6 Å². The van der Waals surface area contributed by atoms with Gasteiger partial charge in [-0.25, -0.2) is 0 Å². The van der Waals surface area contributed by atoms with Crippen LogP contribution < -0.4 is 10.4 Å². The van der Waals surface area contributed by atoms with E-state index in [-0.39, 0.29) is 0 Å². The van der Waals surface area contributed by atoms with Gasteiger partial charge in [-0.15, -0.1) is 11.3 Å². The summed E-state index contributed by atoms with van der Waals surface area (Å²) >= 11 is 1.78. The fourth-order valence-corrected chi connectivity index (χ4v) is 6.44. The lowest BCUT2D eigenvalue weighted by molar-refractivity contribution is 1.73. The molecule has 2 aromatic carbocycles. The Balaban J connectivity index is 2.07. The van der Waals surface area contributed by atoms with Crippen LogP contribution in [0.4, 0.5) is 0 Å². The maximum Gasteiger partial charge on any atom is 0.134 e. The zero-order valence-corrected chi connectivity index (χ0v) is 13.2. The Morgan fingerprint density at radius 3 is 1.75 bits per heavy atom. The minimum atomic E-state index is -1.42. The Bertz CT molecular complexity index is 632. The van der Waals surface area contributed by atoms with Crippen LogP contribution in [0.25, 0.3) is 5.20 Å². The first-order chi connectivity index (χ1) is 9.86. The lowest BCUT2D eigenvalue weighted by Crippen LogP contribution is -2.42. The van der Waals surface area contributed by atoms with E-state index in [1.54, 1.807) is 11.3 Å². The molecule has 0 radical (unpaired) electrons. The second-order valence-corrected chi connectivity index (χ2v) is 8.60. The van der Waals surface area contributed by atoms with E-state index in [0.717, 1.165) is 0 Å². The molecule has 0 fully saturated rings. The molecule has 0 saturated heterocycles. The SMILES string of the molecule is C=C(c1cccs1)[SiH](c1ccccc1)c1ccccc1. The van der Waals surface area contributed by atoms with Gasteiger partial charge in [-0.1, -0.05) is 83.7 Å². The average molecular weight is 292 g/mol. The van der Waals surface area contributed by atoms with Gasteiger partial charge < -0.3 is 0 Å². The summed E-state index contributed by atoms with van der Waals surface area (Å²) < 4.78 is 0. The Morgan fingerprint density at radius 2 is 1.30 bits per heavy atom. The molecule has 98 valence electrons. The highest BCUT2D eigenvalue weighted by atomic mass is 32.1. The lowest BCUT2D eigenvalue weighted by atomic mass is 10.4. The third-order valence-corrected chi connectivity index (χ3v) is 7.72. The molecule has 0 aliphatic rings. The molecule has 1 heterocycles. The Kier molecular flexibility index (Phi) is 3.95. The summed E-state index contributed by atoms with van der Waals surface area (Å²) in [6.45, 7) is 4.42. The second kappa shape index (κ2) is 6.03. The number of hydrogen-bond acceptors (Lipinski definition) is 1. The summed E-state index contributed by atoms with van der Waals surface area (Å²) in [4.78, 5) is 1.31. The van der Waals surface area contributed by atoms with Gasteiger partial charge in [0.05, 0.1) is 0 Å². The van der Waals surface area contributed by atoms with Crippen molar-refractivity contribution < 1.29 is 0 Å². The summed E-state index contributed by atoms with van der Waals surface area (Å²) in [5.41, 5.74) is 0. The first-order valence-electron chi connectivity index (χ1n) is 6.69. The van der Waals surface area contributed by atoms with Gasteiger partial charge >= 0.3 is 0 Å². The van der Waals surface area contributed by atoms with Crippen LogP contribution in [-0.4, -0.2) is 8.80 Å². The molecule has 0 N–H and O–H groups in total. The van der Waals surface area contributed by atoms with E-state index >= 15 is 0 Å².